The van der Waals surface area contributed by atoms with Gasteiger partial charge in [0, 0.05) is 5.56 Å². The average Bonchev–Trinajstić information content (AvgIpc) is 3.38. The summed E-state index contributed by atoms with van der Waals surface area (Å²) in [5.74, 6) is 0.793. The Morgan fingerprint density at radius 2 is 1.61 bits per heavy atom. The number of aromatic nitrogens is 1. The fraction of sp³-hybridized carbons (Fsp3) is 0.139. The zero-order valence-electron chi connectivity index (χ0n) is 24.9. The Bertz CT molecular complexity index is 2090. The van der Waals surface area contributed by atoms with Crippen molar-refractivity contribution < 1.29 is 19.0 Å². The van der Waals surface area contributed by atoms with Crippen LogP contribution in [-0.4, -0.2) is 24.3 Å². The van der Waals surface area contributed by atoms with E-state index in [0.717, 1.165) is 31.2 Å². The van der Waals surface area contributed by atoms with Gasteiger partial charge in [-0.15, -0.1) is 0 Å². The lowest BCUT2D eigenvalue weighted by Gasteiger charge is -2.26. The van der Waals surface area contributed by atoms with Crippen molar-refractivity contribution in [2.75, 3.05) is 13.7 Å². The molecule has 232 valence electrons. The highest BCUT2D eigenvalue weighted by atomic mass is 79.9. The van der Waals surface area contributed by atoms with Crippen LogP contribution in [0.2, 0.25) is 0 Å². The summed E-state index contributed by atoms with van der Waals surface area (Å²) < 4.78 is 20.5. The van der Waals surface area contributed by atoms with Gasteiger partial charge in [0.15, 0.2) is 4.80 Å². The molecule has 0 saturated heterocycles. The SMILES string of the molecule is CCOC(=O)C1=C(c2ccccc2)N=c2s/c(=C\c3cc(Br)c(OCc4ccccc4)c(Br)c3)c(=O)n2[C@H]1c1ccc(OC)cc1. The fourth-order valence-electron chi connectivity index (χ4n) is 5.22. The summed E-state index contributed by atoms with van der Waals surface area (Å²) in [6, 6.07) is 29.8. The summed E-state index contributed by atoms with van der Waals surface area (Å²) >= 11 is 8.55. The third-order valence-electron chi connectivity index (χ3n) is 7.35. The molecular weight excluding hydrogens is 732 g/mol. The van der Waals surface area contributed by atoms with Crippen LogP contribution in [0.3, 0.4) is 0 Å². The molecular formula is C36H28Br2N2O5S. The van der Waals surface area contributed by atoms with Crippen molar-refractivity contribution in [3.63, 3.8) is 0 Å². The van der Waals surface area contributed by atoms with E-state index in [-0.39, 0.29) is 12.2 Å². The number of nitrogens with zero attached hydrogens (tertiary/aromatic N) is 2. The summed E-state index contributed by atoms with van der Waals surface area (Å²) in [4.78, 5) is 33.3. The second-order valence-corrected chi connectivity index (χ2v) is 13.0. The monoisotopic (exact) mass is 758 g/mol. The lowest BCUT2D eigenvalue weighted by Crippen LogP contribution is -2.40. The second-order valence-electron chi connectivity index (χ2n) is 10.3. The minimum Gasteiger partial charge on any atom is -0.497 e. The van der Waals surface area contributed by atoms with Gasteiger partial charge < -0.3 is 14.2 Å². The van der Waals surface area contributed by atoms with Gasteiger partial charge in [0.2, 0.25) is 0 Å². The van der Waals surface area contributed by atoms with Crippen molar-refractivity contribution in [1.29, 1.82) is 0 Å². The minimum absolute atomic E-state index is 0.180. The molecule has 4 aromatic carbocycles. The predicted octanol–water partition coefficient (Wildman–Crippen LogP) is 7.05. The molecule has 0 aliphatic carbocycles. The number of benzene rings is 4. The van der Waals surface area contributed by atoms with Crippen molar-refractivity contribution >= 4 is 60.9 Å². The van der Waals surface area contributed by atoms with Crippen LogP contribution in [0.1, 0.15) is 35.2 Å². The van der Waals surface area contributed by atoms with E-state index in [1.807, 2.05) is 103 Å². The number of methoxy groups -OCH3 is 1. The van der Waals surface area contributed by atoms with Gasteiger partial charge in [0.25, 0.3) is 5.56 Å². The van der Waals surface area contributed by atoms with Gasteiger partial charge in [-0.1, -0.05) is 84.1 Å². The molecule has 46 heavy (non-hydrogen) atoms. The molecule has 1 aliphatic heterocycles. The molecule has 0 amide bonds. The maximum Gasteiger partial charge on any atom is 0.338 e. The molecule has 6 rings (SSSR count). The van der Waals surface area contributed by atoms with Crippen LogP contribution in [0.15, 0.2) is 121 Å². The van der Waals surface area contributed by atoms with E-state index >= 15 is 0 Å². The molecule has 0 spiro atoms. The molecule has 1 atom stereocenters. The molecule has 0 N–H and O–H groups in total. The first-order valence-electron chi connectivity index (χ1n) is 14.5. The number of thiazole rings is 1. The van der Waals surface area contributed by atoms with Gasteiger partial charge in [-0.05, 0) is 85.8 Å². The number of hydrogen-bond acceptors (Lipinski definition) is 7. The molecule has 5 aromatic rings. The first kappa shape index (κ1) is 31.7. The Morgan fingerprint density at radius 1 is 0.957 bits per heavy atom. The van der Waals surface area contributed by atoms with Crippen molar-refractivity contribution in [3.05, 3.63) is 154 Å². The lowest BCUT2D eigenvalue weighted by molar-refractivity contribution is -0.138. The van der Waals surface area contributed by atoms with Crippen LogP contribution in [-0.2, 0) is 16.1 Å². The Hall–Kier alpha value is -4.25. The third-order valence-corrected chi connectivity index (χ3v) is 9.51. The van der Waals surface area contributed by atoms with E-state index in [0.29, 0.717) is 38.7 Å². The van der Waals surface area contributed by atoms with E-state index in [4.69, 9.17) is 19.2 Å². The van der Waals surface area contributed by atoms with E-state index in [2.05, 4.69) is 31.9 Å². The smallest absolute Gasteiger partial charge is 0.338 e. The second kappa shape index (κ2) is 14.0. The summed E-state index contributed by atoms with van der Waals surface area (Å²) in [6.07, 6.45) is 1.82. The normalized spacial score (nSPS) is 14.4. The van der Waals surface area contributed by atoms with Crippen LogP contribution in [0.5, 0.6) is 11.5 Å². The number of halogens is 2. The van der Waals surface area contributed by atoms with Gasteiger partial charge in [-0.3, -0.25) is 9.36 Å². The predicted molar refractivity (Wildman–Crippen MR) is 187 cm³/mol. The van der Waals surface area contributed by atoms with Crippen LogP contribution >= 0.6 is 43.2 Å². The topological polar surface area (TPSA) is 79.1 Å². The van der Waals surface area contributed by atoms with Gasteiger partial charge in [0.05, 0.1) is 44.5 Å². The maximum absolute atomic E-state index is 14.2. The van der Waals surface area contributed by atoms with E-state index in [9.17, 15) is 9.59 Å². The molecule has 0 saturated carbocycles. The van der Waals surface area contributed by atoms with E-state index in [1.54, 1.807) is 18.6 Å². The summed E-state index contributed by atoms with van der Waals surface area (Å²) in [7, 11) is 1.59. The first-order valence-corrected chi connectivity index (χ1v) is 16.9. The number of rotatable bonds is 9. The highest BCUT2D eigenvalue weighted by molar-refractivity contribution is 9.11. The standard InChI is InChI=1S/C36H28Br2N2O5S/c1-3-44-35(42)30-31(24-12-8-5-9-13-24)39-36-40(32(30)25-14-16-26(43-2)17-15-25)34(41)29(46-36)20-23-18-27(37)33(28(38)19-23)45-21-22-10-6-4-7-11-22/h4-20,32H,3,21H2,1-2H3/b29-20-/t32-/m0/s1. The molecule has 0 bridgehead atoms. The third kappa shape index (κ3) is 6.51. The molecule has 0 unspecified atom stereocenters. The van der Waals surface area contributed by atoms with Crippen LogP contribution in [0, 0.1) is 0 Å². The maximum atomic E-state index is 14.2. The minimum atomic E-state index is -0.772. The molecule has 1 aromatic heterocycles. The number of hydrogen-bond donors (Lipinski definition) is 0. The zero-order valence-corrected chi connectivity index (χ0v) is 28.9. The van der Waals surface area contributed by atoms with Crippen molar-refractivity contribution in [3.8, 4) is 11.5 Å². The van der Waals surface area contributed by atoms with Gasteiger partial charge >= 0.3 is 5.97 Å². The fourth-order valence-corrected chi connectivity index (χ4v) is 7.68. The van der Waals surface area contributed by atoms with Gasteiger partial charge in [-0.2, -0.15) is 0 Å². The summed E-state index contributed by atoms with van der Waals surface area (Å²) in [5.41, 5.74) is 3.81. The van der Waals surface area contributed by atoms with Crippen molar-refractivity contribution in [2.24, 2.45) is 4.99 Å². The number of carbonyl (C=O) groups is 1. The molecule has 1 aliphatic rings. The van der Waals surface area contributed by atoms with Crippen molar-refractivity contribution in [1.82, 2.24) is 4.57 Å². The van der Waals surface area contributed by atoms with Crippen LogP contribution in [0.4, 0.5) is 0 Å². The largest absolute Gasteiger partial charge is 0.497 e. The van der Waals surface area contributed by atoms with Crippen molar-refractivity contribution in [2.45, 2.75) is 19.6 Å². The molecule has 0 fully saturated rings. The molecule has 2 heterocycles. The first-order chi connectivity index (χ1) is 22.4. The highest BCUT2D eigenvalue weighted by Crippen LogP contribution is 2.37. The number of carbonyl (C=O) groups excluding carboxylic acids is 1. The Kier molecular flexibility index (Phi) is 9.67. The molecule has 7 nitrogen and oxygen atoms in total. The zero-order chi connectivity index (χ0) is 32.2. The molecule has 0 radical (unpaired) electrons. The number of ether oxygens (including phenoxy) is 3. The quantitative estimate of drug-likeness (QED) is 0.151. The number of fused-ring (bicyclic) bond motifs is 1. The summed E-state index contributed by atoms with van der Waals surface area (Å²) in [5, 5.41) is 0. The average molecular weight is 761 g/mol. The van der Waals surface area contributed by atoms with Crippen LogP contribution in [0.25, 0.3) is 11.8 Å². The Morgan fingerprint density at radius 3 is 2.24 bits per heavy atom. The van der Waals surface area contributed by atoms with E-state index in [1.165, 1.54) is 11.3 Å². The molecule has 10 heteroatoms. The highest BCUT2D eigenvalue weighted by Gasteiger charge is 2.35. The Balaban J connectivity index is 1.49. The number of esters is 1. The van der Waals surface area contributed by atoms with Gasteiger partial charge in [-0.25, -0.2) is 9.79 Å². The Labute approximate surface area is 286 Å². The van der Waals surface area contributed by atoms with E-state index < -0.39 is 12.0 Å². The lowest BCUT2D eigenvalue weighted by atomic mass is 9.93. The van der Waals surface area contributed by atoms with Gasteiger partial charge in [0.1, 0.15) is 18.1 Å². The summed E-state index contributed by atoms with van der Waals surface area (Å²) in [6.45, 7) is 2.35. The van der Waals surface area contributed by atoms with Crippen LogP contribution < -0.4 is 24.4 Å².